The summed E-state index contributed by atoms with van der Waals surface area (Å²) in [5.41, 5.74) is 0.0164. The highest BCUT2D eigenvalue weighted by Gasteiger charge is 2.57. The maximum absolute atomic E-state index is 12.1. The van der Waals surface area contributed by atoms with Gasteiger partial charge in [0.15, 0.2) is 0 Å². The zero-order valence-electron chi connectivity index (χ0n) is 12.3. The van der Waals surface area contributed by atoms with Gasteiger partial charge < -0.3 is 9.84 Å². The van der Waals surface area contributed by atoms with Crippen LogP contribution in [-0.4, -0.2) is 30.1 Å². The van der Waals surface area contributed by atoms with E-state index in [0.717, 1.165) is 5.56 Å². The molecule has 4 nitrogen and oxygen atoms in total. The molecule has 2 rings (SSSR count). The molecule has 0 heterocycles. The van der Waals surface area contributed by atoms with E-state index < -0.39 is 22.9 Å². The molecule has 0 unspecified atom stereocenters. The molecule has 0 saturated heterocycles. The van der Waals surface area contributed by atoms with Crippen molar-refractivity contribution in [3.05, 3.63) is 35.4 Å². The van der Waals surface area contributed by atoms with Crippen molar-refractivity contribution in [1.29, 1.82) is 0 Å². The van der Waals surface area contributed by atoms with Gasteiger partial charge in [-0.05, 0) is 17.7 Å². The van der Waals surface area contributed by atoms with Crippen molar-refractivity contribution in [2.24, 2.45) is 5.41 Å². The molecule has 20 heavy (non-hydrogen) atoms. The fraction of sp³-hybridized carbons (Fsp3) is 0.500. The quantitative estimate of drug-likeness (QED) is 0.840. The highest BCUT2D eigenvalue weighted by molar-refractivity contribution is 5.91. The third kappa shape index (κ3) is 1.86. The van der Waals surface area contributed by atoms with E-state index in [-0.39, 0.29) is 12.2 Å². The molecule has 4 heteroatoms. The lowest BCUT2D eigenvalue weighted by Crippen LogP contribution is -2.44. The van der Waals surface area contributed by atoms with E-state index in [1.54, 1.807) is 24.3 Å². The summed E-state index contributed by atoms with van der Waals surface area (Å²) in [6, 6.07) is 6.90. The van der Waals surface area contributed by atoms with Crippen molar-refractivity contribution in [3.8, 4) is 0 Å². The number of aliphatic hydroxyl groups excluding tert-OH is 1. The molecule has 1 aromatic rings. The Hall–Kier alpha value is -1.68. The molecule has 1 fully saturated rings. The van der Waals surface area contributed by atoms with Gasteiger partial charge in [-0.15, -0.1) is 0 Å². The summed E-state index contributed by atoms with van der Waals surface area (Å²) >= 11 is 0. The van der Waals surface area contributed by atoms with Crippen molar-refractivity contribution >= 4 is 11.8 Å². The van der Waals surface area contributed by atoms with E-state index in [2.05, 4.69) is 4.74 Å². The molecule has 1 aliphatic carbocycles. The van der Waals surface area contributed by atoms with Gasteiger partial charge in [0.25, 0.3) is 0 Å². The van der Waals surface area contributed by atoms with E-state index in [0.29, 0.717) is 5.56 Å². The molecule has 0 aliphatic heterocycles. The Labute approximate surface area is 118 Å². The summed E-state index contributed by atoms with van der Waals surface area (Å²) in [6.45, 7) is 5.62. The van der Waals surface area contributed by atoms with Crippen molar-refractivity contribution < 1.29 is 19.4 Å². The van der Waals surface area contributed by atoms with E-state index in [1.807, 2.05) is 20.8 Å². The third-order valence-electron chi connectivity index (χ3n) is 4.95. The van der Waals surface area contributed by atoms with Crippen LogP contribution in [0.2, 0.25) is 0 Å². The van der Waals surface area contributed by atoms with Crippen LogP contribution in [0.1, 0.15) is 43.1 Å². The minimum atomic E-state index is -0.714. The average molecular weight is 276 g/mol. The first kappa shape index (κ1) is 14.7. The normalized spacial score (nSPS) is 28.4. The van der Waals surface area contributed by atoms with E-state index in [9.17, 15) is 14.7 Å². The maximum Gasteiger partial charge on any atom is 0.337 e. The molecular weight excluding hydrogens is 256 g/mol. The van der Waals surface area contributed by atoms with Crippen molar-refractivity contribution in [2.45, 2.75) is 38.7 Å². The van der Waals surface area contributed by atoms with Crippen molar-refractivity contribution in [2.75, 3.05) is 7.11 Å². The van der Waals surface area contributed by atoms with Gasteiger partial charge in [0, 0.05) is 17.3 Å². The minimum absolute atomic E-state index is 0.0598. The molecule has 1 aromatic carbocycles. The molecule has 1 N–H and O–H groups in total. The first-order valence-corrected chi connectivity index (χ1v) is 6.65. The number of rotatable bonds is 2. The van der Waals surface area contributed by atoms with Crippen LogP contribution in [0.5, 0.6) is 0 Å². The standard InChI is InChI=1S/C16H20O4/c1-15(2)12(17)9-13(18)16(15,3)11-7-5-10(6-8-11)14(19)20-4/h5-8,13,18H,9H2,1-4H3/t13-,16-/m0/s1. The lowest BCUT2D eigenvalue weighted by molar-refractivity contribution is -0.125. The molecule has 1 aliphatic rings. The smallest absolute Gasteiger partial charge is 0.337 e. The molecule has 1 saturated carbocycles. The van der Waals surface area contributed by atoms with Crippen molar-refractivity contribution in [1.82, 2.24) is 0 Å². The topological polar surface area (TPSA) is 63.6 Å². The van der Waals surface area contributed by atoms with Gasteiger partial charge in [-0.2, -0.15) is 0 Å². The predicted molar refractivity (Wildman–Crippen MR) is 74.5 cm³/mol. The number of ketones is 1. The molecule has 108 valence electrons. The summed E-state index contributed by atoms with van der Waals surface area (Å²) in [6.07, 6.45) is -0.545. The van der Waals surface area contributed by atoms with Gasteiger partial charge in [-0.1, -0.05) is 32.9 Å². The number of carbonyl (C=O) groups excluding carboxylic acids is 2. The predicted octanol–water partition coefficient (Wildman–Crippen LogP) is 2.09. The first-order chi connectivity index (χ1) is 9.25. The van der Waals surface area contributed by atoms with Gasteiger partial charge in [-0.3, -0.25) is 4.79 Å². The Morgan fingerprint density at radius 3 is 2.20 bits per heavy atom. The van der Waals surface area contributed by atoms with Crippen LogP contribution < -0.4 is 0 Å². The fourth-order valence-corrected chi connectivity index (χ4v) is 2.96. The van der Waals surface area contributed by atoms with Crippen molar-refractivity contribution in [3.63, 3.8) is 0 Å². The summed E-state index contributed by atoms with van der Waals surface area (Å²) in [5, 5.41) is 10.3. The first-order valence-electron chi connectivity index (χ1n) is 6.65. The van der Waals surface area contributed by atoms with E-state index in [4.69, 9.17) is 0 Å². The lowest BCUT2D eigenvalue weighted by atomic mass is 9.64. The summed E-state index contributed by atoms with van der Waals surface area (Å²) < 4.78 is 4.66. The van der Waals surface area contributed by atoms with Gasteiger partial charge in [0.05, 0.1) is 18.8 Å². The Morgan fingerprint density at radius 1 is 1.25 bits per heavy atom. The number of esters is 1. The minimum Gasteiger partial charge on any atom is -0.465 e. The maximum atomic E-state index is 12.1. The lowest BCUT2D eigenvalue weighted by Gasteiger charge is -2.39. The molecule has 0 aromatic heterocycles. The number of Topliss-reactive ketones (excluding diaryl/α,β-unsaturated/α-hetero) is 1. The van der Waals surface area contributed by atoms with Gasteiger partial charge >= 0.3 is 5.97 Å². The van der Waals surface area contributed by atoms with Crippen LogP contribution in [0, 0.1) is 5.41 Å². The van der Waals surface area contributed by atoms with E-state index in [1.165, 1.54) is 7.11 Å². The van der Waals surface area contributed by atoms with Gasteiger partial charge in [-0.25, -0.2) is 4.79 Å². The number of hydrogen-bond donors (Lipinski definition) is 1. The number of aliphatic hydroxyl groups is 1. The zero-order valence-corrected chi connectivity index (χ0v) is 12.3. The zero-order chi connectivity index (χ0) is 15.1. The number of benzene rings is 1. The molecule has 0 spiro atoms. The number of methoxy groups -OCH3 is 1. The monoisotopic (exact) mass is 276 g/mol. The molecule has 2 atom stereocenters. The second-order valence-electron chi connectivity index (χ2n) is 6.04. The Bertz CT molecular complexity index is 544. The van der Waals surface area contributed by atoms with Crippen LogP contribution in [0.4, 0.5) is 0 Å². The Morgan fingerprint density at radius 2 is 1.80 bits per heavy atom. The molecular formula is C16H20O4. The second kappa shape index (κ2) is 4.70. The summed E-state index contributed by atoms with van der Waals surface area (Å²) in [7, 11) is 1.33. The van der Waals surface area contributed by atoms with Gasteiger partial charge in [0.2, 0.25) is 0 Å². The Balaban J connectivity index is 2.45. The van der Waals surface area contributed by atoms with Crippen LogP contribution in [0.3, 0.4) is 0 Å². The molecule has 0 amide bonds. The summed E-state index contributed by atoms with van der Waals surface area (Å²) in [4.78, 5) is 23.5. The van der Waals surface area contributed by atoms with E-state index >= 15 is 0 Å². The average Bonchev–Trinajstić information content (AvgIpc) is 2.59. The molecule has 0 radical (unpaired) electrons. The number of hydrogen-bond acceptors (Lipinski definition) is 4. The van der Waals surface area contributed by atoms with Crippen LogP contribution >= 0.6 is 0 Å². The highest BCUT2D eigenvalue weighted by atomic mass is 16.5. The molecule has 0 bridgehead atoms. The largest absolute Gasteiger partial charge is 0.465 e. The second-order valence-corrected chi connectivity index (χ2v) is 6.04. The van der Waals surface area contributed by atoms with Crippen LogP contribution in [-0.2, 0) is 14.9 Å². The SMILES string of the molecule is COC(=O)c1ccc([C@@]2(C)[C@@H](O)CC(=O)C2(C)C)cc1. The van der Waals surface area contributed by atoms with Crippen LogP contribution in [0.25, 0.3) is 0 Å². The fourth-order valence-electron chi connectivity index (χ4n) is 2.96. The van der Waals surface area contributed by atoms with Crippen LogP contribution in [0.15, 0.2) is 24.3 Å². The number of carbonyl (C=O) groups is 2. The third-order valence-corrected chi connectivity index (χ3v) is 4.95. The Kier molecular flexibility index (Phi) is 3.46. The highest BCUT2D eigenvalue weighted by Crippen LogP contribution is 2.51. The number of ether oxygens (including phenoxy) is 1. The summed E-state index contributed by atoms with van der Waals surface area (Å²) in [5.74, 6) is -0.339. The van der Waals surface area contributed by atoms with Gasteiger partial charge in [0.1, 0.15) is 5.78 Å².